The Hall–Kier alpha value is -4.26. The number of aromatic nitrogens is 2. The molecule has 1 aromatic heterocycles. The van der Waals surface area contributed by atoms with Crippen LogP contribution in [0.1, 0.15) is 46.7 Å². The van der Waals surface area contributed by atoms with E-state index in [1.165, 1.54) is 11.0 Å². The summed E-state index contributed by atoms with van der Waals surface area (Å²) in [5, 5.41) is 7.31. The van der Waals surface area contributed by atoms with Crippen molar-refractivity contribution in [3.05, 3.63) is 106 Å². The lowest BCUT2D eigenvalue weighted by Gasteiger charge is -2.35. The van der Waals surface area contributed by atoms with Crippen molar-refractivity contribution in [2.24, 2.45) is 0 Å². The molecule has 4 aromatic rings. The number of nitrogens with zero attached hydrogens (tertiary/aromatic N) is 3. The van der Waals surface area contributed by atoms with Crippen LogP contribution in [0, 0.1) is 33.5 Å². The van der Waals surface area contributed by atoms with Crippen LogP contribution >= 0.6 is 0 Å². The number of nitrogens with one attached hydrogen (secondary N) is 1. The van der Waals surface area contributed by atoms with Gasteiger partial charge in [-0.2, -0.15) is 4.98 Å². The van der Waals surface area contributed by atoms with E-state index in [0.29, 0.717) is 34.2 Å². The summed E-state index contributed by atoms with van der Waals surface area (Å²) in [6.45, 7) is 9.58. The third kappa shape index (κ3) is 4.17. The molecule has 3 aromatic carbocycles. The van der Waals surface area contributed by atoms with Crippen molar-refractivity contribution >= 4 is 17.3 Å². The van der Waals surface area contributed by atoms with Gasteiger partial charge in [0.1, 0.15) is 5.82 Å². The lowest BCUT2D eigenvalue weighted by atomic mass is 9.92. The highest BCUT2D eigenvalue weighted by Gasteiger charge is 2.36. The minimum Gasteiger partial charge on any atom is -0.334 e. The molecule has 2 heterocycles. The van der Waals surface area contributed by atoms with Gasteiger partial charge >= 0.3 is 6.03 Å². The molecular weight excluding hydrogens is 455 g/mol. The standard InChI is InChI=1S/C29H27FN4O2/c1-16-7-6-8-22(13-16)27-32-28(36-33-27)25-20(5)34(23-12-10-18(3)24(30)15-23)29(35)31-26(25)21-11-9-17(2)19(4)14-21/h6-15,26H,1-5H3,(H,31,35). The molecule has 1 unspecified atom stereocenters. The first kappa shape index (κ1) is 23.5. The quantitative estimate of drug-likeness (QED) is 0.347. The second kappa shape index (κ2) is 9.07. The van der Waals surface area contributed by atoms with Gasteiger partial charge in [0.15, 0.2) is 0 Å². The van der Waals surface area contributed by atoms with Crippen LogP contribution in [0.5, 0.6) is 0 Å². The molecule has 5 rings (SSSR count). The van der Waals surface area contributed by atoms with Crippen molar-refractivity contribution < 1.29 is 13.7 Å². The van der Waals surface area contributed by atoms with Gasteiger partial charge in [-0.1, -0.05) is 53.2 Å². The van der Waals surface area contributed by atoms with Crippen molar-refractivity contribution in [3.63, 3.8) is 0 Å². The molecular formula is C29H27FN4O2. The summed E-state index contributed by atoms with van der Waals surface area (Å²) in [5.74, 6) is 0.368. The summed E-state index contributed by atoms with van der Waals surface area (Å²) < 4.78 is 20.2. The van der Waals surface area contributed by atoms with Crippen molar-refractivity contribution in [3.8, 4) is 11.4 Å². The van der Waals surface area contributed by atoms with Gasteiger partial charge in [0.25, 0.3) is 5.89 Å². The number of hydrogen-bond acceptors (Lipinski definition) is 4. The van der Waals surface area contributed by atoms with Gasteiger partial charge < -0.3 is 9.84 Å². The lowest BCUT2D eigenvalue weighted by Crippen LogP contribution is -2.46. The summed E-state index contributed by atoms with van der Waals surface area (Å²) in [5.41, 5.74) is 7.24. The van der Waals surface area contributed by atoms with E-state index in [1.807, 2.05) is 70.2 Å². The molecule has 1 aliphatic rings. The average molecular weight is 483 g/mol. The number of carbonyl (C=O) groups is 1. The summed E-state index contributed by atoms with van der Waals surface area (Å²) in [7, 11) is 0. The molecule has 1 N–H and O–H groups in total. The predicted molar refractivity (Wildman–Crippen MR) is 138 cm³/mol. The van der Waals surface area contributed by atoms with E-state index in [1.54, 1.807) is 19.1 Å². The third-order valence-electron chi connectivity index (χ3n) is 6.70. The number of halogens is 1. The molecule has 7 heteroatoms. The fraction of sp³-hybridized carbons (Fsp3) is 0.207. The van der Waals surface area contributed by atoms with Crippen molar-refractivity contribution in [1.82, 2.24) is 15.5 Å². The first-order chi connectivity index (χ1) is 17.2. The van der Waals surface area contributed by atoms with Crippen LogP contribution in [0.4, 0.5) is 14.9 Å². The molecule has 182 valence electrons. The first-order valence-corrected chi connectivity index (χ1v) is 11.8. The van der Waals surface area contributed by atoms with Crippen molar-refractivity contribution in [2.75, 3.05) is 4.90 Å². The Kier molecular flexibility index (Phi) is 5.92. The van der Waals surface area contributed by atoms with E-state index in [-0.39, 0.29) is 11.8 Å². The Morgan fingerprint density at radius 2 is 1.69 bits per heavy atom. The minimum absolute atomic E-state index is 0.296. The molecule has 0 saturated carbocycles. The minimum atomic E-state index is -0.519. The fourth-order valence-corrected chi connectivity index (χ4v) is 4.48. The van der Waals surface area contributed by atoms with Crippen LogP contribution in [0.15, 0.2) is 70.9 Å². The second-order valence-electron chi connectivity index (χ2n) is 9.29. The maximum atomic E-state index is 14.4. The van der Waals surface area contributed by atoms with E-state index in [0.717, 1.165) is 27.8 Å². The maximum absolute atomic E-state index is 14.4. The van der Waals surface area contributed by atoms with Crippen LogP contribution in [0.25, 0.3) is 17.0 Å². The first-order valence-electron chi connectivity index (χ1n) is 11.8. The van der Waals surface area contributed by atoms with Crippen LogP contribution in [0.2, 0.25) is 0 Å². The second-order valence-corrected chi connectivity index (χ2v) is 9.29. The normalized spacial score (nSPS) is 15.9. The zero-order valence-electron chi connectivity index (χ0n) is 20.9. The molecule has 36 heavy (non-hydrogen) atoms. The molecule has 6 nitrogen and oxygen atoms in total. The number of amides is 2. The molecule has 0 spiro atoms. The largest absolute Gasteiger partial charge is 0.334 e. The molecule has 1 atom stereocenters. The lowest BCUT2D eigenvalue weighted by molar-refractivity contribution is 0.244. The topological polar surface area (TPSA) is 71.3 Å². The number of benzene rings is 3. The Bertz CT molecular complexity index is 1520. The highest BCUT2D eigenvalue weighted by Crippen LogP contribution is 2.39. The highest BCUT2D eigenvalue weighted by atomic mass is 19.1. The van der Waals surface area contributed by atoms with Gasteiger partial charge in [0.05, 0.1) is 17.3 Å². The molecule has 0 aliphatic carbocycles. The molecule has 0 bridgehead atoms. The number of aryl methyl sites for hydroxylation is 4. The zero-order valence-corrected chi connectivity index (χ0v) is 20.9. The summed E-state index contributed by atoms with van der Waals surface area (Å²) in [4.78, 5) is 19.5. The van der Waals surface area contributed by atoms with Gasteiger partial charge in [-0.15, -0.1) is 0 Å². The third-order valence-corrected chi connectivity index (χ3v) is 6.70. The number of rotatable bonds is 4. The Balaban J connectivity index is 1.68. The Labute approximate surface area is 209 Å². The van der Waals surface area contributed by atoms with Gasteiger partial charge in [-0.05, 0) is 75.1 Å². The SMILES string of the molecule is CC1=C(c2nc(-c3cccc(C)c3)no2)C(c2ccc(C)c(C)c2)NC(=O)N1c1ccc(C)c(F)c1. The monoisotopic (exact) mass is 482 g/mol. The molecule has 0 saturated heterocycles. The van der Waals surface area contributed by atoms with Crippen LogP contribution in [-0.2, 0) is 0 Å². The summed E-state index contributed by atoms with van der Waals surface area (Å²) in [6.07, 6.45) is 0. The molecule has 0 fully saturated rings. The van der Waals surface area contributed by atoms with Gasteiger partial charge in [-0.3, -0.25) is 4.90 Å². The van der Waals surface area contributed by atoms with E-state index >= 15 is 0 Å². The molecule has 2 amide bonds. The fourth-order valence-electron chi connectivity index (χ4n) is 4.48. The van der Waals surface area contributed by atoms with Crippen molar-refractivity contribution in [2.45, 2.75) is 40.7 Å². The van der Waals surface area contributed by atoms with Crippen LogP contribution < -0.4 is 10.2 Å². The zero-order chi connectivity index (χ0) is 25.6. The number of carbonyl (C=O) groups excluding carboxylic acids is 1. The van der Waals surface area contributed by atoms with Crippen molar-refractivity contribution in [1.29, 1.82) is 0 Å². The van der Waals surface area contributed by atoms with Gasteiger partial charge in [0.2, 0.25) is 5.82 Å². The van der Waals surface area contributed by atoms with Crippen LogP contribution in [-0.4, -0.2) is 16.2 Å². The van der Waals surface area contributed by atoms with E-state index < -0.39 is 6.04 Å². The Morgan fingerprint density at radius 3 is 2.42 bits per heavy atom. The van der Waals surface area contributed by atoms with Crippen LogP contribution in [0.3, 0.4) is 0 Å². The number of anilines is 1. The molecule has 1 aliphatic heterocycles. The Morgan fingerprint density at radius 1 is 0.917 bits per heavy atom. The molecule has 0 radical (unpaired) electrons. The highest BCUT2D eigenvalue weighted by molar-refractivity contribution is 6.01. The average Bonchev–Trinajstić information content (AvgIpc) is 3.32. The number of allylic oxidation sites excluding steroid dienone is 1. The van der Waals surface area contributed by atoms with E-state index in [9.17, 15) is 9.18 Å². The summed E-state index contributed by atoms with van der Waals surface area (Å²) >= 11 is 0. The number of hydrogen-bond donors (Lipinski definition) is 1. The number of urea groups is 1. The predicted octanol–water partition coefficient (Wildman–Crippen LogP) is 6.81. The van der Waals surface area contributed by atoms with E-state index in [4.69, 9.17) is 9.51 Å². The maximum Gasteiger partial charge on any atom is 0.327 e. The smallest absolute Gasteiger partial charge is 0.327 e. The summed E-state index contributed by atoms with van der Waals surface area (Å²) in [6, 6.07) is 17.8. The van der Waals surface area contributed by atoms with E-state index in [2.05, 4.69) is 10.5 Å². The van der Waals surface area contributed by atoms with Gasteiger partial charge in [-0.25, -0.2) is 9.18 Å². The van der Waals surface area contributed by atoms with Gasteiger partial charge in [0, 0.05) is 11.3 Å².